The summed E-state index contributed by atoms with van der Waals surface area (Å²) in [5, 5.41) is 3.44. The summed E-state index contributed by atoms with van der Waals surface area (Å²) in [4.78, 5) is 36.2. The van der Waals surface area contributed by atoms with E-state index in [1.54, 1.807) is 4.90 Å². The lowest BCUT2D eigenvalue weighted by molar-refractivity contribution is -0.116. The third-order valence-electron chi connectivity index (χ3n) is 4.61. The summed E-state index contributed by atoms with van der Waals surface area (Å²) in [6.07, 6.45) is 3.25. The summed E-state index contributed by atoms with van der Waals surface area (Å²) in [6, 6.07) is 9.94. The number of anilines is 1. The van der Waals surface area contributed by atoms with Gasteiger partial charge in [-0.25, -0.2) is 9.97 Å². The van der Waals surface area contributed by atoms with E-state index in [0.29, 0.717) is 18.1 Å². The summed E-state index contributed by atoms with van der Waals surface area (Å²) in [6.45, 7) is 4.02. The van der Waals surface area contributed by atoms with E-state index < -0.39 is 0 Å². The molecule has 28 heavy (non-hydrogen) atoms. The second-order valence-electron chi connectivity index (χ2n) is 6.48. The molecule has 0 saturated heterocycles. The van der Waals surface area contributed by atoms with Crippen molar-refractivity contribution in [1.29, 1.82) is 0 Å². The third-order valence-corrected chi connectivity index (χ3v) is 6.63. The Morgan fingerprint density at radius 3 is 2.71 bits per heavy atom. The smallest absolute Gasteiger partial charge is 0.225 e. The van der Waals surface area contributed by atoms with Gasteiger partial charge in [0.05, 0.1) is 16.3 Å². The highest BCUT2D eigenvalue weighted by molar-refractivity contribution is 7.17. The molecule has 1 amide bonds. The zero-order chi connectivity index (χ0) is 19.7. The van der Waals surface area contributed by atoms with Gasteiger partial charge in [-0.1, -0.05) is 30.3 Å². The Bertz CT molecular complexity index is 1070. The number of hydrogen-bond acceptors (Lipinski definition) is 6. The van der Waals surface area contributed by atoms with Gasteiger partial charge in [0.25, 0.3) is 0 Å². The molecule has 2 heterocycles. The largest absolute Gasteiger partial charge is 0.289 e. The van der Waals surface area contributed by atoms with E-state index in [2.05, 4.69) is 9.97 Å². The van der Waals surface area contributed by atoms with Crippen LogP contribution in [0.4, 0.5) is 5.13 Å². The van der Waals surface area contributed by atoms with Crippen molar-refractivity contribution in [1.82, 2.24) is 9.97 Å². The van der Waals surface area contributed by atoms with Crippen molar-refractivity contribution in [2.45, 2.75) is 26.7 Å². The summed E-state index contributed by atoms with van der Waals surface area (Å²) in [7, 11) is 0. The standard InChI is InChI=1S/C21H19N3O2S2/c1-3-24(13(2)25)21-22-16(12-27-21)11-15-9-10-17-19(18(15)26)28-20(23-17)14-7-5-4-6-8-14/h4-8,11-12H,3,9-10H2,1-2H3. The fraction of sp³-hybridized carbons (Fsp3) is 0.238. The zero-order valence-corrected chi connectivity index (χ0v) is 17.3. The Kier molecular flexibility index (Phi) is 5.19. The summed E-state index contributed by atoms with van der Waals surface area (Å²) in [5.41, 5.74) is 3.39. The fourth-order valence-corrected chi connectivity index (χ4v) is 5.17. The van der Waals surface area contributed by atoms with Crippen molar-refractivity contribution in [2.75, 3.05) is 11.4 Å². The minimum Gasteiger partial charge on any atom is -0.289 e. The van der Waals surface area contributed by atoms with Gasteiger partial charge in [0.1, 0.15) is 5.01 Å². The molecule has 1 aromatic carbocycles. The number of aromatic nitrogens is 2. The molecule has 0 spiro atoms. The van der Waals surface area contributed by atoms with Crippen LogP contribution in [0.5, 0.6) is 0 Å². The summed E-state index contributed by atoms with van der Waals surface area (Å²) in [5.74, 6) is 0.00179. The maximum Gasteiger partial charge on any atom is 0.225 e. The van der Waals surface area contributed by atoms with Crippen LogP contribution in [-0.4, -0.2) is 28.2 Å². The predicted octanol–water partition coefficient (Wildman–Crippen LogP) is 4.85. The number of benzene rings is 1. The number of thiazole rings is 2. The Hall–Kier alpha value is -2.64. The Labute approximate surface area is 171 Å². The minimum absolute atomic E-state index is 0.0347. The molecule has 0 fully saturated rings. The lowest BCUT2D eigenvalue weighted by Crippen LogP contribution is -2.27. The molecule has 5 nitrogen and oxygen atoms in total. The quantitative estimate of drug-likeness (QED) is 0.578. The van der Waals surface area contributed by atoms with Gasteiger partial charge in [0, 0.05) is 30.0 Å². The maximum absolute atomic E-state index is 13.0. The number of aryl methyl sites for hydroxylation is 1. The van der Waals surface area contributed by atoms with Crippen molar-refractivity contribution in [3.63, 3.8) is 0 Å². The van der Waals surface area contributed by atoms with E-state index in [9.17, 15) is 9.59 Å². The molecule has 0 N–H and O–H groups in total. The Morgan fingerprint density at radius 1 is 1.21 bits per heavy atom. The van der Waals surface area contributed by atoms with Crippen LogP contribution >= 0.6 is 22.7 Å². The Balaban J connectivity index is 1.61. The zero-order valence-electron chi connectivity index (χ0n) is 15.6. The van der Waals surface area contributed by atoms with Gasteiger partial charge in [-0.2, -0.15) is 0 Å². The van der Waals surface area contributed by atoms with E-state index in [0.717, 1.165) is 38.8 Å². The summed E-state index contributed by atoms with van der Waals surface area (Å²) >= 11 is 2.87. The highest BCUT2D eigenvalue weighted by atomic mass is 32.1. The topological polar surface area (TPSA) is 63.2 Å². The van der Waals surface area contributed by atoms with E-state index in [1.165, 1.54) is 29.6 Å². The second kappa shape index (κ2) is 7.77. The molecule has 7 heteroatoms. The van der Waals surface area contributed by atoms with E-state index >= 15 is 0 Å². The van der Waals surface area contributed by atoms with Crippen molar-refractivity contribution in [3.05, 3.63) is 57.6 Å². The third kappa shape index (κ3) is 3.55. The molecule has 0 aliphatic heterocycles. The van der Waals surface area contributed by atoms with Crippen molar-refractivity contribution in [3.8, 4) is 10.6 Å². The van der Waals surface area contributed by atoms with Gasteiger partial charge >= 0.3 is 0 Å². The van der Waals surface area contributed by atoms with E-state index in [4.69, 9.17) is 0 Å². The molecule has 1 aliphatic rings. The summed E-state index contributed by atoms with van der Waals surface area (Å²) < 4.78 is 0. The number of fused-ring (bicyclic) bond motifs is 1. The van der Waals surface area contributed by atoms with Crippen LogP contribution in [0.1, 0.15) is 41.3 Å². The average molecular weight is 410 g/mol. The number of nitrogens with zero attached hydrogens (tertiary/aromatic N) is 3. The maximum atomic E-state index is 13.0. The van der Waals surface area contributed by atoms with Crippen LogP contribution in [0.2, 0.25) is 0 Å². The van der Waals surface area contributed by atoms with Crippen LogP contribution in [0, 0.1) is 0 Å². The predicted molar refractivity (Wildman–Crippen MR) is 114 cm³/mol. The van der Waals surface area contributed by atoms with Gasteiger partial charge in [-0.05, 0) is 25.8 Å². The molecule has 3 aromatic rings. The van der Waals surface area contributed by atoms with Crippen molar-refractivity contribution < 1.29 is 9.59 Å². The SMILES string of the molecule is CCN(C(C)=O)c1nc(C=C2CCc3nc(-c4ccccc4)sc3C2=O)cs1. The van der Waals surface area contributed by atoms with Gasteiger partial charge in [0.15, 0.2) is 5.13 Å². The first-order valence-electron chi connectivity index (χ1n) is 9.11. The van der Waals surface area contributed by atoms with E-state index in [-0.39, 0.29) is 11.7 Å². The second-order valence-corrected chi connectivity index (χ2v) is 8.31. The van der Waals surface area contributed by atoms with E-state index in [1.807, 2.05) is 48.7 Å². The minimum atomic E-state index is -0.0347. The first-order valence-corrected chi connectivity index (χ1v) is 10.8. The molecule has 0 unspecified atom stereocenters. The monoisotopic (exact) mass is 409 g/mol. The molecule has 0 atom stereocenters. The number of amides is 1. The lowest BCUT2D eigenvalue weighted by Gasteiger charge is -2.14. The van der Waals surface area contributed by atoms with Crippen molar-refractivity contribution >= 4 is 45.6 Å². The van der Waals surface area contributed by atoms with Crippen molar-refractivity contribution in [2.24, 2.45) is 0 Å². The molecule has 0 radical (unpaired) electrons. The highest BCUT2D eigenvalue weighted by Crippen LogP contribution is 2.35. The molecular weight excluding hydrogens is 390 g/mol. The molecule has 1 aliphatic carbocycles. The molecule has 142 valence electrons. The number of carbonyl (C=O) groups is 2. The number of Topliss-reactive ketones (excluding diaryl/α,β-unsaturated/α-hetero) is 1. The fourth-order valence-electron chi connectivity index (χ4n) is 3.19. The van der Waals surface area contributed by atoms with Crippen LogP contribution < -0.4 is 4.90 Å². The number of allylic oxidation sites excluding steroid dienone is 1. The van der Waals surface area contributed by atoms with Gasteiger partial charge in [0.2, 0.25) is 11.7 Å². The molecule has 2 aromatic heterocycles. The first-order chi connectivity index (χ1) is 13.6. The Morgan fingerprint density at radius 2 is 2.00 bits per heavy atom. The van der Waals surface area contributed by atoms with Gasteiger partial charge in [-0.3, -0.25) is 14.5 Å². The van der Waals surface area contributed by atoms with Gasteiger partial charge < -0.3 is 0 Å². The number of hydrogen-bond donors (Lipinski definition) is 0. The molecule has 4 rings (SSSR count). The van der Waals surface area contributed by atoms with Crippen LogP contribution in [0.3, 0.4) is 0 Å². The van der Waals surface area contributed by atoms with Crippen LogP contribution in [0.15, 0.2) is 41.3 Å². The molecule has 0 bridgehead atoms. The number of carbonyl (C=O) groups excluding carboxylic acids is 2. The normalized spacial score (nSPS) is 14.9. The van der Waals surface area contributed by atoms with Gasteiger partial charge in [-0.15, -0.1) is 22.7 Å². The molecular formula is C21H19N3O2S2. The lowest BCUT2D eigenvalue weighted by atomic mass is 9.95. The first kappa shape index (κ1) is 18.7. The number of ketones is 1. The van der Waals surface area contributed by atoms with Crippen LogP contribution in [0.25, 0.3) is 16.6 Å². The average Bonchev–Trinajstić information content (AvgIpc) is 3.33. The highest BCUT2D eigenvalue weighted by Gasteiger charge is 2.27. The van der Waals surface area contributed by atoms with Crippen LogP contribution in [-0.2, 0) is 11.2 Å². The molecule has 0 saturated carbocycles. The number of rotatable bonds is 4.